The van der Waals surface area contributed by atoms with Crippen molar-refractivity contribution in [3.63, 3.8) is 0 Å². The van der Waals surface area contributed by atoms with E-state index < -0.39 is 0 Å². The Bertz CT molecular complexity index is 701. The van der Waals surface area contributed by atoms with Crippen molar-refractivity contribution in [2.24, 2.45) is 0 Å². The average Bonchev–Trinajstić information content (AvgIpc) is 3.22. The Morgan fingerprint density at radius 3 is 2.65 bits per heavy atom. The number of furan rings is 1. The minimum absolute atomic E-state index is 0.0867. The van der Waals surface area contributed by atoms with Crippen LogP contribution in [0.15, 0.2) is 53.2 Å². The number of ether oxygens (including phenoxy) is 1. The molecule has 1 aromatic heterocycles. The van der Waals surface area contributed by atoms with E-state index in [1.54, 1.807) is 25.5 Å². The molecule has 0 aliphatic carbocycles. The van der Waals surface area contributed by atoms with Gasteiger partial charge in [0.15, 0.2) is 0 Å². The fourth-order valence-electron chi connectivity index (χ4n) is 3.26. The fourth-order valence-corrected chi connectivity index (χ4v) is 3.26. The van der Waals surface area contributed by atoms with Crippen molar-refractivity contribution in [3.8, 4) is 5.75 Å². The highest BCUT2D eigenvalue weighted by atomic mass is 16.5. The van der Waals surface area contributed by atoms with E-state index in [4.69, 9.17) is 9.15 Å². The summed E-state index contributed by atoms with van der Waals surface area (Å²) in [4.78, 5) is 14.6. The second kappa shape index (κ2) is 9.25. The van der Waals surface area contributed by atoms with Gasteiger partial charge in [0, 0.05) is 12.6 Å². The molecule has 0 radical (unpaired) electrons. The molecule has 1 aromatic carbocycles. The SMILES string of the molecule is COc1ccc(/C=C/C(=O)NCC(c2ccco2)N2CCCCC2)cc1. The molecule has 0 spiro atoms. The van der Waals surface area contributed by atoms with Gasteiger partial charge >= 0.3 is 0 Å². The van der Waals surface area contributed by atoms with Gasteiger partial charge in [0.1, 0.15) is 11.5 Å². The third kappa shape index (κ3) is 4.99. The lowest BCUT2D eigenvalue weighted by molar-refractivity contribution is -0.116. The van der Waals surface area contributed by atoms with Gasteiger partial charge in [-0.2, -0.15) is 0 Å². The molecule has 1 aliphatic heterocycles. The van der Waals surface area contributed by atoms with Crippen LogP contribution in [0.25, 0.3) is 6.08 Å². The van der Waals surface area contributed by atoms with Gasteiger partial charge in [0.05, 0.1) is 19.4 Å². The molecular formula is C21H26N2O3. The number of piperidine rings is 1. The molecule has 5 nitrogen and oxygen atoms in total. The fraction of sp³-hybridized carbons (Fsp3) is 0.381. The third-order valence-corrected chi connectivity index (χ3v) is 4.72. The lowest BCUT2D eigenvalue weighted by Crippen LogP contribution is -2.40. The van der Waals surface area contributed by atoms with Gasteiger partial charge < -0.3 is 14.5 Å². The standard InChI is InChI=1S/C21H26N2O3/c1-25-18-10-7-17(8-11-18)9-12-21(24)22-16-19(20-6-5-15-26-20)23-13-3-2-4-14-23/h5-12,15,19H,2-4,13-14,16H2,1H3,(H,22,24)/b12-9+. The van der Waals surface area contributed by atoms with Crippen LogP contribution in [0.1, 0.15) is 36.6 Å². The van der Waals surface area contributed by atoms with Crippen LogP contribution < -0.4 is 10.1 Å². The number of carbonyl (C=O) groups excluding carboxylic acids is 1. The first kappa shape index (κ1) is 18.3. The normalized spacial score (nSPS) is 16.5. The van der Waals surface area contributed by atoms with Crippen LogP contribution in [-0.4, -0.2) is 37.6 Å². The molecule has 1 fully saturated rings. The molecule has 1 saturated heterocycles. The Hall–Kier alpha value is -2.53. The molecule has 1 aliphatic rings. The number of nitrogens with zero attached hydrogens (tertiary/aromatic N) is 1. The summed E-state index contributed by atoms with van der Waals surface area (Å²) in [7, 11) is 1.63. The van der Waals surface area contributed by atoms with E-state index in [0.29, 0.717) is 6.54 Å². The van der Waals surface area contributed by atoms with Crippen molar-refractivity contribution in [2.75, 3.05) is 26.7 Å². The van der Waals surface area contributed by atoms with Gasteiger partial charge in [-0.1, -0.05) is 18.6 Å². The first-order chi connectivity index (χ1) is 12.8. The molecule has 2 aromatic rings. The lowest BCUT2D eigenvalue weighted by Gasteiger charge is -2.33. The smallest absolute Gasteiger partial charge is 0.244 e. The maximum Gasteiger partial charge on any atom is 0.244 e. The largest absolute Gasteiger partial charge is 0.497 e. The molecule has 26 heavy (non-hydrogen) atoms. The van der Waals surface area contributed by atoms with Crippen molar-refractivity contribution in [2.45, 2.75) is 25.3 Å². The van der Waals surface area contributed by atoms with Crippen molar-refractivity contribution in [3.05, 3.63) is 60.1 Å². The second-order valence-corrected chi connectivity index (χ2v) is 6.48. The number of hydrogen-bond donors (Lipinski definition) is 1. The quantitative estimate of drug-likeness (QED) is 0.771. The summed E-state index contributed by atoms with van der Waals surface area (Å²) < 4.78 is 10.7. The molecule has 3 rings (SSSR count). The van der Waals surface area contributed by atoms with Gasteiger partial charge in [-0.25, -0.2) is 0 Å². The Kier molecular flexibility index (Phi) is 6.50. The number of carbonyl (C=O) groups is 1. The van der Waals surface area contributed by atoms with Crippen molar-refractivity contribution < 1.29 is 13.9 Å². The van der Waals surface area contributed by atoms with Crippen molar-refractivity contribution in [1.29, 1.82) is 0 Å². The molecular weight excluding hydrogens is 328 g/mol. The van der Waals surface area contributed by atoms with Crippen LogP contribution in [0, 0.1) is 0 Å². The number of hydrogen-bond acceptors (Lipinski definition) is 4. The zero-order valence-electron chi connectivity index (χ0n) is 15.2. The topological polar surface area (TPSA) is 54.7 Å². The number of amides is 1. The van der Waals surface area contributed by atoms with Crippen LogP contribution in [-0.2, 0) is 4.79 Å². The van der Waals surface area contributed by atoms with Crippen LogP contribution in [0.2, 0.25) is 0 Å². The van der Waals surface area contributed by atoms with Gasteiger partial charge in [0.25, 0.3) is 0 Å². The van der Waals surface area contributed by atoms with E-state index in [2.05, 4.69) is 10.2 Å². The first-order valence-electron chi connectivity index (χ1n) is 9.13. The predicted octanol–water partition coefficient (Wildman–Crippen LogP) is 3.64. The minimum Gasteiger partial charge on any atom is -0.497 e. The number of methoxy groups -OCH3 is 1. The van der Waals surface area contributed by atoms with E-state index in [9.17, 15) is 4.79 Å². The highest BCUT2D eigenvalue weighted by molar-refractivity contribution is 5.91. The van der Waals surface area contributed by atoms with E-state index in [0.717, 1.165) is 30.2 Å². The monoisotopic (exact) mass is 354 g/mol. The average molecular weight is 354 g/mol. The Morgan fingerprint density at radius 2 is 2.00 bits per heavy atom. The van der Waals surface area contributed by atoms with Crippen LogP contribution in [0.3, 0.4) is 0 Å². The highest BCUT2D eigenvalue weighted by Crippen LogP contribution is 2.24. The summed E-state index contributed by atoms with van der Waals surface area (Å²) in [6, 6.07) is 11.6. The summed E-state index contributed by atoms with van der Waals surface area (Å²) in [5.41, 5.74) is 0.958. The summed E-state index contributed by atoms with van der Waals surface area (Å²) >= 11 is 0. The van der Waals surface area contributed by atoms with Crippen LogP contribution in [0.4, 0.5) is 0 Å². The molecule has 1 atom stereocenters. The zero-order chi connectivity index (χ0) is 18.2. The van der Waals surface area contributed by atoms with E-state index in [-0.39, 0.29) is 11.9 Å². The van der Waals surface area contributed by atoms with E-state index >= 15 is 0 Å². The summed E-state index contributed by atoms with van der Waals surface area (Å²) in [5, 5.41) is 3.01. The Morgan fingerprint density at radius 1 is 1.23 bits per heavy atom. The number of likely N-dealkylation sites (tertiary alicyclic amines) is 1. The third-order valence-electron chi connectivity index (χ3n) is 4.72. The second-order valence-electron chi connectivity index (χ2n) is 6.48. The maximum absolute atomic E-state index is 12.2. The molecule has 5 heteroatoms. The molecule has 1 unspecified atom stereocenters. The van der Waals surface area contributed by atoms with Crippen LogP contribution >= 0.6 is 0 Å². The summed E-state index contributed by atoms with van der Waals surface area (Å²) in [6.07, 6.45) is 8.73. The predicted molar refractivity (Wildman–Crippen MR) is 102 cm³/mol. The van der Waals surface area contributed by atoms with Gasteiger partial charge in [0.2, 0.25) is 5.91 Å². The molecule has 138 valence electrons. The van der Waals surface area contributed by atoms with Gasteiger partial charge in [-0.15, -0.1) is 0 Å². The molecule has 1 N–H and O–H groups in total. The number of nitrogens with one attached hydrogen (secondary N) is 1. The number of rotatable bonds is 7. The molecule has 1 amide bonds. The van der Waals surface area contributed by atoms with E-state index in [1.807, 2.05) is 36.4 Å². The lowest BCUT2D eigenvalue weighted by atomic mass is 10.1. The van der Waals surface area contributed by atoms with Crippen molar-refractivity contribution >= 4 is 12.0 Å². The van der Waals surface area contributed by atoms with Crippen molar-refractivity contribution in [1.82, 2.24) is 10.2 Å². The summed E-state index contributed by atoms with van der Waals surface area (Å²) in [6.45, 7) is 2.63. The Balaban J connectivity index is 1.57. The van der Waals surface area contributed by atoms with E-state index in [1.165, 1.54) is 19.3 Å². The molecule has 0 bridgehead atoms. The number of benzene rings is 1. The highest BCUT2D eigenvalue weighted by Gasteiger charge is 2.24. The maximum atomic E-state index is 12.2. The van der Waals surface area contributed by atoms with Gasteiger partial charge in [-0.3, -0.25) is 9.69 Å². The van der Waals surface area contributed by atoms with Crippen LogP contribution in [0.5, 0.6) is 5.75 Å². The zero-order valence-corrected chi connectivity index (χ0v) is 15.2. The summed E-state index contributed by atoms with van der Waals surface area (Å²) in [5.74, 6) is 1.61. The van der Waals surface area contributed by atoms with Gasteiger partial charge in [-0.05, 0) is 61.8 Å². The molecule has 2 heterocycles. The minimum atomic E-state index is -0.102. The Labute approximate surface area is 154 Å². The molecule has 0 saturated carbocycles. The first-order valence-corrected chi connectivity index (χ1v) is 9.13.